The lowest BCUT2D eigenvalue weighted by atomic mass is 9.87. The van der Waals surface area contributed by atoms with E-state index in [1.54, 1.807) is 11.1 Å². The van der Waals surface area contributed by atoms with Crippen LogP contribution >= 0.6 is 23.2 Å². The molecule has 0 aliphatic heterocycles. The van der Waals surface area contributed by atoms with Crippen LogP contribution in [0.3, 0.4) is 0 Å². The second kappa shape index (κ2) is 13.8. The minimum absolute atomic E-state index is 0.198. The minimum Gasteiger partial charge on any atom is -0.0837 e. The molecule has 0 fully saturated rings. The van der Waals surface area contributed by atoms with Crippen LogP contribution in [0.2, 0.25) is 22.1 Å². The van der Waals surface area contributed by atoms with Crippen LogP contribution in [0.15, 0.2) is 167 Å². The number of allylic oxidation sites excluding steroid dienone is 16. The van der Waals surface area contributed by atoms with Gasteiger partial charge in [0.05, 0.1) is 0 Å². The van der Waals surface area contributed by atoms with Gasteiger partial charge in [0.1, 0.15) is 0 Å². The fourth-order valence-electron chi connectivity index (χ4n) is 8.47. The van der Waals surface area contributed by atoms with E-state index >= 15 is 0 Å². The molecule has 242 valence electrons. The summed E-state index contributed by atoms with van der Waals surface area (Å²) in [6, 6.07) is 28.3. The highest BCUT2D eigenvalue weighted by molar-refractivity contribution is 6.36. The fraction of sp³-hybridized carbons (Fsp3) is 0.217. The molecule has 8 rings (SSSR count). The number of benzene rings is 4. The second-order valence-electron chi connectivity index (χ2n) is 13.6. The predicted octanol–water partition coefficient (Wildman–Crippen LogP) is 13.5. The van der Waals surface area contributed by atoms with Gasteiger partial charge >= 0.3 is 0 Å². The number of fused-ring (bicyclic) bond motifs is 2. The molecule has 4 atom stereocenters. The van der Waals surface area contributed by atoms with Gasteiger partial charge in [-0.25, -0.2) is 0 Å². The monoisotopic (exact) mass is 690 g/mol. The van der Waals surface area contributed by atoms with E-state index in [9.17, 15) is 0 Å². The summed E-state index contributed by atoms with van der Waals surface area (Å²) in [6.45, 7) is 4.65. The molecule has 4 unspecified atom stereocenters. The van der Waals surface area contributed by atoms with Crippen LogP contribution in [-0.4, -0.2) is 9.52 Å². The van der Waals surface area contributed by atoms with Gasteiger partial charge in [-0.3, -0.25) is 0 Å². The summed E-state index contributed by atoms with van der Waals surface area (Å²) in [7, 11) is 0.868. The van der Waals surface area contributed by atoms with Gasteiger partial charge in [0.25, 0.3) is 0 Å². The first-order valence-electron chi connectivity index (χ1n) is 17.7. The Bertz CT molecular complexity index is 2060. The molecule has 0 bridgehead atoms. The van der Waals surface area contributed by atoms with Gasteiger partial charge in [-0.2, -0.15) is 0 Å². The first-order valence-corrected chi connectivity index (χ1v) is 19.9. The molecule has 0 saturated heterocycles. The van der Waals surface area contributed by atoms with Crippen LogP contribution in [0.25, 0.3) is 21.5 Å². The van der Waals surface area contributed by atoms with Crippen molar-refractivity contribution in [2.45, 2.75) is 50.6 Å². The van der Waals surface area contributed by atoms with Crippen molar-refractivity contribution in [2.75, 3.05) is 0 Å². The molecular formula is C46H40Cl2Si. The van der Waals surface area contributed by atoms with Gasteiger partial charge in [0.15, 0.2) is 0 Å². The molecule has 0 aromatic heterocycles. The van der Waals surface area contributed by atoms with Crippen LogP contribution in [0.4, 0.5) is 0 Å². The molecule has 0 amide bonds. The number of hydrogen-bond acceptors (Lipinski definition) is 0. The van der Waals surface area contributed by atoms with E-state index in [0.29, 0.717) is 11.8 Å². The lowest BCUT2D eigenvalue weighted by Gasteiger charge is -2.22. The van der Waals surface area contributed by atoms with Gasteiger partial charge < -0.3 is 0 Å². The van der Waals surface area contributed by atoms with Crippen molar-refractivity contribution in [2.24, 2.45) is 11.8 Å². The van der Waals surface area contributed by atoms with E-state index < -0.39 is 0 Å². The summed E-state index contributed by atoms with van der Waals surface area (Å²) in [5.41, 5.74) is 11.5. The summed E-state index contributed by atoms with van der Waals surface area (Å²) in [5.74, 6) is 1.33. The van der Waals surface area contributed by atoms with Crippen molar-refractivity contribution >= 4 is 54.3 Å². The third kappa shape index (κ3) is 6.01. The van der Waals surface area contributed by atoms with Crippen molar-refractivity contribution in [1.82, 2.24) is 0 Å². The zero-order valence-corrected chi connectivity index (χ0v) is 30.6. The molecule has 2 radical (unpaired) electrons. The summed E-state index contributed by atoms with van der Waals surface area (Å²) >= 11 is 13.7. The van der Waals surface area contributed by atoms with E-state index in [-0.39, 0.29) is 11.8 Å². The highest BCUT2D eigenvalue weighted by atomic mass is 35.5. The zero-order valence-electron chi connectivity index (χ0n) is 28.1. The van der Waals surface area contributed by atoms with E-state index in [1.165, 1.54) is 56.3 Å². The Kier molecular flexibility index (Phi) is 9.10. The number of rotatable bonds is 8. The predicted molar refractivity (Wildman–Crippen MR) is 213 cm³/mol. The quantitative estimate of drug-likeness (QED) is 0.161. The van der Waals surface area contributed by atoms with E-state index in [2.05, 4.69) is 147 Å². The molecule has 4 aliphatic carbocycles. The number of halogens is 2. The van der Waals surface area contributed by atoms with Crippen molar-refractivity contribution in [1.29, 1.82) is 0 Å². The van der Waals surface area contributed by atoms with E-state index in [4.69, 9.17) is 23.2 Å². The fourth-order valence-corrected chi connectivity index (χ4v) is 10.8. The van der Waals surface area contributed by atoms with Crippen LogP contribution in [0.5, 0.6) is 0 Å². The van der Waals surface area contributed by atoms with Crippen LogP contribution in [-0.2, 0) is 0 Å². The van der Waals surface area contributed by atoms with Crippen LogP contribution in [0.1, 0.15) is 49.7 Å². The third-order valence-electron chi connectivity index (χ3n) is 10.9. The molecule has 3 heteroatoms. The average Bonchev–Trinajstić information content (AvgIpc) is 3.45. The van der Waals surface area contributed by atoms with Gasteiger partial charge in [0.2, 0.25) is 0 Å². The maximum Gasteiger partial charge on any atom is 0.0487 e. The molecule has 49 heavy (non-hydrogen) atoms. The Hall–Kier alpha value is -3.88. The smallest absolute Gasteiger partial charge is 0.0487 e. The van der Waals surface area contributed by atoms with Gasteiger partial charge in [0, 0.05) is 54.0 Å². The summed E-state index contributed by atoms with van der Waals surface area (Å²) in [4.78, 5) is 0. The lowest BCUT2D eigenvalue weighted by molar-refractivity contribution is 0.759. The molecule has 0 spiro atoms. The van der Waals surface area contributed by atoms with Crippen molar-refractivity contribution in [3.63, 3.8) is 0 Å². The third-order valence-corrected chi connectivity index (χ3v) is 13.0. The molecule has 0 saturated carbocycles. The van der Waals surface area contributed by atoms with Gasteiger partial charge in [-0.05, 0) is 69.2 Å². The Morgan fingerprint density at radius 1 is 0.551 bits per heavy atom. The maximum atomic E-state index is 6.84. The molecule has 0 heterocycles. The first-order chi connectivity index (χ1) is 24.0. The zero-order chi connectivity index (χ0) is 33.5. The number of hydrogen-bond donors (Lipinski definition) is 0. The summed E-state index contributed by atoms with van der Waals surface area (Å²) in [5, 5.41) is 6.29. The first kappa shape index (κ1) is 32.3. The van der Waals surface area contributed by atoms with Crippen molar-refractivity contribution in [3.8, 4) is 0 Å². The summed E-state index contributed by atoms with van der Waals surface area (Å²) < 4.78 is 0. The average molecular weight is 692 g/mol. The molecule has 0 nitrogen and oxygen atoms in total. The van der Waals surface area contributed by atoms with E-state index in [0.717, 1.165) is 43.2 Å². The lowest BCUT2D eigenvalue weighted by Crippen LogP contribution is -2.12. The van der Waals surface area contributed by atoms with Gasteiger partial charge in [-0.1, -0.05) is 182 Å². The highest BCUT2D eigenvalue weighted by Gasteiger charge is 2.33. The normalized spacial score (nSPS) is 22.9. The van der Waals surface area contributed by atoms with Gasteiger partial charge in [-0.15, -0.1) is 0 Å². The van der Waals surface area contributed by atoms with Crippen molar-refractivity contribution < 1.29 is 0 Å². The second-order valence-corrected chi connectivity index (χ2v) is 15.8. The topological polar surface area (TPSA) is 0 Å². The Morgan fingerprint density at radius 3 is 1.45 bits per heavy atom. The Balaban J connectivity index is 1.06. The molecular weight excluding hydrogens is 651 g/mol. The van der Waals surface area contributed by atoms with E-state index in [1.807, 2.05) is 0 Å². The Labute approximate surface area is 303 Å². The largest absolute Gasteiger partial charge is 0.0837 e. The standard InChI is InChI=1S/C46H40Cl2Si/c1-3-29-23-41-35(33-21-31-13-5-7-17-37(31)45(47)25-33)15-9-11-19-39(41)43(29)27-49-28-44-30(4-2)24-42-36(16-10-12-20-40(42)44)34-22-32-14-6-8-18-38(32)46(48)26-34/h5-26,35-36,43-44H,3-4,27-28H2,1-2H3. The molecule has 4 aliphatic rings. The van der Waals surface area contributed by atoms with Crippen LogP contribution in [0, 0.1) is 11.8 Å². The molecule has 4 aromatic rings. The van der Waals surface area contributed by atoms with Crippen LogP contribution < -0.4 is 0 Å². The maximum absolute atomic E-state index is 6.84. The highest BCUT2D eigenvalue weighted by Crippen LogP contribution is 2.48. The minimum atomic E-state index is 0.198. The molecule has 4 aromatic carbocycles. The molecule has 0 N–H and O–H groups in total. The summed E-state index contributed by atoms with van der Waals surface area (Å²) in [6.07, 6.45) is 25.6. The Morgan fingerprint density at radius 2 is 1.00 bits per heavy atom. The SMILES string of the molecule is CCC1=CC2=C(C=CC=CC2c2cc(Cl)c3ccccc3c2)C1C[Si]CC1C(CC)=CC2=C1C=CC=CC2c1cc(Cl)c2ccccc2c1. The van der Waals surface area contributed by atoms with Crippen molar-refractivity contribution in [3.05, 3.63) is 188 Å².